The van der Waals surface area contributed by atoms with Crippen molar-refractivity contribution in [2.75, 3.05) is 0 Å². The van der Waals surface area contributed by atoms with E-state index in [9.17, 15) is 0 Å². The van der Waals surface area contributed by atoms with Crippen LogP contribution in [0.1, 0.15) is 64.2 Å². The van der Waals surface area contributed by atoms with Crippen LogP contribution in [-0.4, -0.2) is 14.7 Å². The quantitative estimate of drug-likeness (QED) is 0.352. The summed E-state index contributed by atoms with van der Waals surface area (Å²) in [5, 5.41) is 4.14. The highest BCUT2D eigenvalue weighted by atomic mass is 16.5. The van der Waals surface area contributed by atoms with Crippen molar-refractivity contribution in [3.8, 4) is 17.1 Å². The lowest BCUT2D eigenvalue weighted by atomic mass is 10.1. The minimum Gasteiger partial charge on any atom is -0.339 e. The Labute approximate surface area is 162 Å². The average Bonchev–Trinajstić information content (AvgIpc) is 3.33. The molecule has 0 aliphatic heterocycles. The molecule has 144 valence electrons. The van der Waals surface area contributed by atoms with Crippen LogP contribution in [0.3, 0.4) is 0 Å². The van der Waals surface area contributed by atoms with Crippen LogP contribution in [-0.2, 0) is 13.5 Å². The largest absolute Gasteiger partial charge is 0.339 e. The number of aryl methyl sites for hydroxylation is 2. The third-order valence-corrected chi connectivity index (χ3v) is 4.90. The zero-order valence-electron chi connectivity index (χ0n) is 16.6. The molecule has 1 aromatic carbocycles. The number of nitrogens with zero attached hydrogens (tertiary/aromatic N) is 4. The highest BCUT2D eigenvalue weighted by Crippen LogP contribution is 2.19. The molecule has 0 unspecified atom stereocenters. The molecule has 0 radical (unpaired) electrons. The molecule has 5 heteroatoms. The Bertz CT molecular complexity index is 804. The minimum absolute atomic E-state index is 0.675. The normalized spacial score (nSPS) is 11.2. The van der Waals surface area contributed by atoms with Gasteiger partial charge < -0.3 is 4.52 Å². The molecule has 0 aliphatic rings. The summed E-state index contributed by atoms with van der Waals surface area (Å²) in [5.41, 5.74) is 2.10. The van der Waals surface area contributed by atoms with Gasteiger partial charge in [0.2, 0.25) is 18.0 Å². The molecule has 0 N–H and O–H groups in total. The van der Waals surface area contributed by atoms with E-state index in [-0.39, 0.29) is 0 Å². The van der Waals surface area contributed by atoms with E-state index < -0.39 is 0 Å². The average molecular weight is 368 g/mol. The number of aromatic nitrogens is 4. The fraction of sp³-hybridized carbons (Fsp3) is 0.500. The van der Waals surface area contributed by atoms with Gasteiger partial charge in [-0.25, -0.2) is 9.13 Å². The minimum atomic E-state index is 0.675. The van der Waals surface area contributed by atoms with Crippen molar-refractivity contribution in [1.29, 1.82) is 0 Å². The van der Waals surface area contributed by atoms with Crippen molar-refractivity contribution in [3.05, 3.63) is 48.9 Å². The molecule has 27 heavy (non-hydrogen) atoms. The standard InChI is InChI=1S/C22H31N4O/c1-3-4-5-6-7-8-9-10-11-21-23-22(24-27-21)19-12-14-20(15-13-19)26-17-16-25(2)18-26/h12-18H,3-11H2,1-2H3/q+1. The summed E-state index contributed by atoms with van der Waals surface area (Å²) in [5.74, 6) is 1.42. The molecule has 0 atom stereocenters. The van der Waals surface area contributed by atoms with Gasteiger partial charge in [0, 0.05) is 12.0 Å². The van der Waals surface area contributed by atoms with E-state index in [2.05, 4.69) is 33.8 Å². The summed E-state index contributed by atoms with van der Waals surface area (Å²) in [4.78, 5) is 4.56. The molecule has 0 bridgehead atoms. The Balaban J connectivity index is 1.45. The summed E-state index contributed by atoms with van der Waals surface area (Å²) in [6.45, 7) is 2.26. The van der Waals surface area contributed by atoms with Crippen LogP contribution >= 0.6 is 0 Å². The van der Waals surface area contributed by atoms with Gasteiger partial charge in [-0.05, 0) is 30.7 Å². The lowest BCUT2D eigenvalue weighted by Crippen LogP contribution is -2.23. The van der Waals surface area contributed by atoms with E-state index in [0.29, 0.717) is 5.82 Å². The lowest BCUT2D eigenvalue weighted by molar-refractivity contribution is -0.670. The predicted octanol–water partition coefficient (Wildman–Crippen LogP) is 5.04. The van der Waals surface area contributed by atoms with Crippen LogP contribution in [0.4, 0.5) is 0 Å². The molecule has 0 spiro atoms. The monoisotopic (exact) mass is 367 g/mol. The molecular formula is C22H31N4O+. The van der Waals surface area contributed by atoms with Gasteiger partial charge in [-0.2, -0.15) is 4.98 Å². The number of hydrogen-bond acceptors (Lipinski definition) is 3. The highest BCUT2D eigenvalue weighted by Gasteiger charge is 2.10. The second-order valence-electron chi connectivity index (χ2n) is 7.27. The van der Waals surface area contributed by atoms with E-state index in [1.165, 1.54) is 44.9 Å². The Morgan fingerprint density at radius 2 is 1.67 bits per heavy atom. The van der Waals surface area contributed by atoms with Crippen LogP contribution in [0.5, 0.6) is 0 Å². The van der Waals surface area contributed by atoms with E-state index in [0.717, 1.165) is 30.0 Å². The number of unbranched alkanes of at least 4 members (excludes halogenated alkanes) is 7. The second kappa shape index (κ2) is 10.0. The molecular weight excluding hydrogens is 336 g/mol. The molecule has 0 amide bonds. The Hall–Kier alpha value is -2.43. The van der Waals surface area contributed by atoms with E-state index in [1.54, 1.807) is 0 Å². The van der Waals surface area contributed by atoms with Gasteiger partial charge in [-0.3, -0.25) is 0 Å². The maximum absolute atomic E-state index is 5.43. The van der Waals surface area contributed by atoms with Crippen LogP contribution < -0.4 is 4.57 Å². The molecule has 0 fully saturated rings. The molecule has 0 saturated carbocycles. The van der Waals surface area contributed by atoms with Gasteiger partial charge in [0.05, 0.1) is 7.05 Å². The Kier molecular flexibility index (Phi) is 7.19. The van der Waals surface area contributed by atoms with Gasteiger partial charge >= 0.3 is 0 Å². The first-order valence-electron chi connectivity index (χ1n) is 10.2. The zero-order chi connectivity index (χ0) is 18.9. The molecule has 0 aliphatic carbocycles. The van der Waals surface area contributed by atoms with Gasteiger partial charge in [0.1, 0.15) is 18.1 Å². The molecule has 3 rings (SSSR count). The van der Waals surface area contributed by atoms with Crippen LogP contribution in [0.2, 0.25) is 0 Å². The van der Waals surface area contributed by atoms with Crippen molar-refractivity contribution >= 4 is 0 Å². The van der Waals surface area contributed by atoms with Crippen molar-refractivity contribution < 1.29 is 9.09 Å². The summed E-state index contributed by atoms with van der Waals surface area (Å²) in [6.07, 6.45) is 17.4. The summed E-state index contributed by atoms with van der Waals surface area (Å²) in [6, 6.07) is 8.23. The first-order chi connectivity index (χ1) is 13.3. The van der Waals surface area contributed by atoms with Gasteiger partial charge in [-0.1, -0.05) is 57.0 Å². The van der Waals surface area contributed by atoms with Crippen LogP contribution in [0.25, 0.3) is 17.1 Å². The summed E-state index contributed by atoms with van der Waals surface area (Å²) < 4.78 is 9.52. The Morgan fingerprint density at radius 3 is 2.33 bits per heavy atom. The number of imidazole rings is 1. The summed E-state index contributed by atoms with van der Waals surface area (Å²) in [7, 11) is 2.01. The third kappa shape index (κ3) is 5.78. The van der Waals surface area contributed by atoms with E-state index in [4.69, 9.17) is 4.52 Å². The summed E-state index contributed by atoms with van der Waals surface area (Å²) >= 11 is 0. The third-order valence-electron chi connectivity index (χ3n) is 4.90. The smallest absolute Gasteiger partial charge is 0.248 e. The number of rotatable bonds is 11. The van der Waals surface area contributed by atoms with Crippen molar-refractivity contribution in [2.45, 2.75) is 64.7 Å². The van der Waals surface area contributed by atoms with Crippen molar-refractivity contribution in [3.63, 3.8) is 0 Å². The molecule has 5 nitrogen and oxygen atoms in total. The highest BCUT2D eigenvalue weighted by molar-refractivity contribution is 5.56. The van der Waals surface area contributed by atoms with Gasteiger partial charge in [-0.15, -0.1) is 0 Å². The van der Waals surface area contributed by atoms with Gasteiger partial charge in [0.25, 0.3) is 0 Å². The topological polar surface area (TPSA) is 47.7 Å². The van der Waals surface area contributed by atoms with Crippen LogP contribution in [0.15, 0.2) is 47.5 Å². The lowest BCUT2D eigenvalue weighted by Gasteiger charge is -1.99. The van der Waals surface area contributed by atoms with Gasteiger partial charge in [0.15, 0.2) is 0 Å². The maximum Gasteiger partial charge on any atom is 0.248 e. The molecule has 0 saturated heterocycles. The maximum atomic E-state index is 5.43. The number of hydrogen-bond donors (Lipinski definition) is 0. The SMILES string of the molecule is CCCCCCCCCCc1nc(-c2ccc(-n3cc[n+](C)c3)cc2)no1. The zero-order valence-corrected chi connectivity index (χ0v) is 16.6. The first-order valence-corrected chi connectivity index (χ1v) is 10.2. The fourth-order valence-electron chi connectivity index (χ4n) is 3.27. The van der Waals surface area contributed by atoms with Crippen molar-refractivity contribution in [2.24, 2.45) is 7.05 Å². The first kappa shape index (κ1) is 19.3. The molecule has 3 aromatic rings. The fourth-order valence-corrected chi connectivity index (χ4v) is 3.27. The molecule has 2 heterocycles. The second-order valence-corrected chi connectivity index (χ2v) is 7.27. The predicted molar refractivity (Wildman–Crippen MR) is 107 cm³/mol. The van der Waals surface area contributed by atoms with Crippen molar-refractivity contribution in [1.82, 2.24) is 14.7 Å². The van der Waals surface area contributed by atoms with E-state index >= 15 is 0 Å². The van der Waals surface area contributed by atoms with Crippen LogP contribution in [0, 0.1) is 0 Å². The number of benzene rings is 1. The molecule has 2 aromatic heterocycles. The Morgan fingerprint density at radius 1 is 0.963 bits per heavy atom. The van der Waals surface area contributed by atoms with E-state index in [1.807, 2.05) is 42.5 Å².